The molecule has 8 heteroatoms. The molecule has 0 aliphatic carbocycles. The van der Waals surface area contributed by atoms with Crippen LogP contribution >= 0.6 is 18.1 Å². The average Bonchev–Trinajstić information content (AvgIpc) is 2.91. The van der Waals surface area contributed by atoms with E-state index in [2.05, 4.69) is 0 Å². The van der Waals surface area contributed by atoms with Gasteiger partial charge in [-0.2, -0.15) is 0 Å². The molecule has 0 fully saturated rings. The molecule has 0 radical (unpaired) electrons. The highest BCUT2D eigenvalue weighted by Gasteiger charge is 2.22. The first-order valence-corrected chi connectivity index (χ1v) is 13.7. The van der Waals surface area contributed by atoms with Gasteiger partial charge in [0.25, 0.3) is 18.1 Å². The van der Waals surface area contributed by atoms with Crippen molar-refractivity contribution >= 4 is 18.1 Å². The minimum Gasteiger partial charge on any atom is -0.493 e. The molecule has 198 valence electrons. The van der Waals surface area contributed by atoms with Gasteiger partial charge in [-0.1, -0.05) is 36.4 Å². The van der Waals surface area contributed by atoms with Gasteiger partial charge in [0.2, 0.25) is 0 Å². The van der Waals surface area contributed by atoms with Crippen molar-refractivity contribution < 1.29 is 27.6 Å². The van der Waals surface area contributed by atoms with Crippen molar-refractivity contribution in [3.05, 3.63) is 95.1 Å². The first-order valence-electron chi connectivity index (χ1n) is 12.1. The minimum atomic E-state index is -0.282. The van der Waals surface area contributed by atoms with E-state index in [0.29, 0.717) is 23.0 Å². The highest BCUT2D eigenvalue weighted by atomic mass is 31.1. The Balaban J connectivity index is 1.69. The molecular weight excluding hydrogens is 518 g/mol. The van der Waals surface area contributed by atoms with Gasteiger partial charge in [-0.3, -0.25) is 0 Å². The summed E-state index contributed by atoms with van der Waals surface area (Å²) < 4.78 is 35.8. The van der Waals surface area contributed by atoms with Crippen LogP contribution in [0.25, 0.3) is 11.1 Å². The summed E-state index contributed by atoms with van der Waals surface area (Å²) in [5.74, 6) is 3.87. The first-order chi connectivity index (χ1) is 18.4. The summed E-state index contributed by atoms with van der Waals surface area (Å²) in [5.41, 5.74) is 5.71. The van der Waals surface area contributed by atoms with Gasteiger partial charge in [0, 0.05) is 11.1 Å². The number of hydrogen-bond acceptors (Lipinski definition) is 6. The van der Waals surface area contributed by atoms with Crippen LogP contribution in [0, 0.1) is 27.7 Å². The van der Waals surface area contributed by atoms with Crippen LogP contribution in [0.15, 0.2) is 72.8 Å². The van der Waals surface area contributed by atoms with Gasteiger partial charge in [-0.05, 0) is 86.3 Å². The van der Waals surface area contributed by atoms with Gasteiger partial charge < -0.3 is 27.6 Å². The second-order valence-electron chi connectivity index (χ2n) is 8.79. The van der Waals surface area contributed by atoms with Crippen LogP contribution in [-0.4, -0.2) is 14.2 Å². The molecule has 0 bridgehead atoms. The predicted molar refractivity (Wildman–Crippen MR) is 156 cm³/mol. The molecule has 0 saturated heterocycles. The summed E-state index contributed by atoms with van der Waals surface area (Å²) in [7, 11) is 2.69. The SMILES string of the molecule is COc1cc(C)cc(-c2cc(C)cc(OC)c2OPOc2ccccc2C)c1OPOc1ccccc1C. The molecule has 4 rings (SSSR count). The highest BCUT2D eigenvalue weighted by molar-refractivity contribution is 7.27. The Hall–Kier alpha value is -3.46. The molecule has 4 aromatic carbocycles. The topological polar surface area (TPSA) is 55.4 Å². The van der Waals surface area contributed by atoms with E-state index in [-0.39, 0.29) is 18.1 Å². The zero-order chi connectivity index (χ0) is 27.1. The molecule has 0 amide bonds. The number of benzene rings is 4. The predicted octanol–water partition coefficient (Wildman–Crippen LogP) is 8.54. The van der Waals surface area contributed by atoms with Gasteiger partial charge in [-0.25, -0.2) is 0 Å². The molecule has 6 nitrogen and oxygen atoms in total. The summed E-state index contributed by atoms with van der Waals surface area (Å²) in [6.45, 7) is 8.03. The zero-order valence-corrected chi connectivity index (χ0v) is 24.4. The molecule has 0 spiro atoms. The van der Waals surface area contributed by atoms with Gasteiger partial charge in [0.15, 0.2) is 23.0 Å². The molecule has 0 aliphatic rings. The van der Waals surface area contributed by atoms with Crippen LogP contribution in [0.3, 0.4) is 0 Å². The molecule has 38 heavy (non-hydrogen) atoms. The highest BCUT2D eigenvalue weighted by Crippen LogP contribution is 2.49. The number of methoxy groups -OCH3 is 2. The van der Waals surface area contributed by atoms with Crippen molar-refractivity contribution in [1.82, 2.24) is 0 Å². The van der Waals surface area contributed by atoms with Gasteiger partial charge in [0.05, 0.1) is 14.2 Å². The van der Waals surface area contributed by atoms with Gasteiger partial charge >= 0.3 is 0 Å². The smallest absolute Gasteiger partial charge is 0.275 e. The summed E-state index contributed by atoms with van der Waals surface area (Å²) in [4.78, 5) is 0. The maximum atomic E-state index is 6.24. The Morgan fingerprint density at radius 2 is 0.868 bits per heavy atom. The quantitative estimate of drug-likeness (QED) is 0.175. The van der Waals surface area contributed by atoms with E-state index in [9.17, 15) is 0 Å². The lowest BCUT2D eigenvalue weighted by Crippen LogP contribution is -1.98. The number of para-hydroxylation sites is 2. The van der Waals surface area contributed by atoms with Gasteiger partial charge in [0.1, 0.15) is 11.5 Å². The Kier molecular flexibility index (Phi) is 9.33. The summed E-state index contributed by atoms with van der Waals surface area (Å²) in [6.07, 6.45) is 0. The Morgan fingerprint density at radius 3 is 1.24 bits per heavy atom. The van der Waals surface area contributed by atoms with Gasteiger partial charge in [-0.15, -0.1) is 0 Å². The van der Waals surface area contributed by atoms with Crippen LogP contribution in [0.2, 0.25) is 0 Å². The zero-order valence-electron chi connectivity index (χ0n) is 22.4. The van der Waals surface area contributed by atoms with Crippen LogP contribution < -0.4 is 27.6 Å². The third-order valence-electron chi connectivity index (χ3n) is 5.91. The molecule has 2 atom stereocenters. The van der Waals surface area contributed by atoms with Crippen molar-refractivity contribution in [2.24, 2.45) is 0 Å². The van der Waals surface area contributed by atoms with E-state index in [1.165, 1.54) is 0 Å². The molecule has 0 aromatic heterocycles. The monoisotopic (exact) mass is 550 g/mol. The average molecular weight is 551 g/mol. The maximum absolute atomic E-state index is 6.24. The third kappa shape index (κ3) is 6.51. The van der Waals surface area contributed by atoms with E-state index < -0.39 is 0 Å². The number of rotatable bonds is 11. The standard InChI is InChI=1S/C30H32O6P2/c1-19-15-23(29(27(17-19)31-5)35-37-33-25-13-9-7-11-21(25)3)24-16-20(2)18-28(32-6)30(24)36-38-34-26-14-10-8-12-22(26)4/h7-18,37-38H,1-6H3. The van der Waals surface area contributed by atoms with Crippen molar-refractivity contribution in [2.75, 3.05) is 14.2 Å². The number of aryl methyl sites for hydroxylation is 4. The lowest BCUT2D eigenvalue weighted by atomic mass is 9.98. The Bertz CT molecular complexity index is 1300. The lowest BCUT2D eigenvalue weighted by molar-refractivity contribution is 0.391. The molecule has 4 aromatic rings. The summed E-state index contributed by atoms with van der Waals surface area (Å²) in [5, 5.41) is 0. The van der Waals surface area contributed by atoms with Crippen molar-refractivity contribution in [3.63, 3.8) is 0 Å². The first kappa shape index (κ1) is 27.6. The second kappa shape index (κ2) is 12.9. The van der Waals surface area contributed by atoms with Crippen LogP contribution in [0.4, 0.5) is 0 Å². The summed E-state index contributed by atoms with van der Waals surface area (Å²) in [6, 6.07) is 23.6. The maximum Gasteiger partial charge on any atom is 0.275 e. The second-order valence-corrected chi connectivity index (χ2v) is 9.94. The largest absolute Gasteiger partial charge is 0.493 e. The lowest BCUT2D eigenvalue weighted by Gasteiger charge is -2.20. The normalized spacial score (nSPS) is 11.2. The molecule has 0 aliphatic heterocycles. The number of hydrogen-bond donors (Lipinski definition) is 0. The minimum absolute atomic E-state index is 0.282. The fourth-order valence-corrected chi connectivity index (χ4v) is 5.26. The fourth-order valence-electron chi connectivity index (χ4n) is 3.95. The van der Waals surface area contributed by atoms with E-state index in [4.69, 9.17) is 27.6 Å². The molecule has 0 saturated carbocycles. The van der Waals surface area contributed by atoms with Crippen molar-refractivity contribution in [2.45, 2.75) is 27.7 Å². The van der Waals surface area contributed by atoms with E-state index >= 15 is 0 Å². The van der Waals surface area contributed by atoms with E-state index in [1.54, 1.807) is 14.2 Å². The van der Waals surface area contributed by atoms with Crippen LogP contribution in [-0.2, 0) is 0 Å². The molecule has 0 N–H and O–H groups in total. The molecule has 0 heterocycles. The van der Waals surface area contributed by atoms with E-state index in [0.717, 1.165) is 44.9 Å². The van der Waals surface area contributed by atoms with Crippen LogP contribution in [0.5, 0.6) is 34.5 Å². The van der Waals surface area contributed by atoms with Crippen molar-refractivity contribution in [3.8, 4) is 45.6 Å². The Labute approximate surface area is 228 Å². The van der Waals surface area contributed by atoms with Crippen LogP contribution in [0.1, 0.15) is 22.3 Å². The Morgan fingerprint density at radius 1 is 0.474 bits per heavy atom. The van der Waals surface area contributed by atoms with E-state index in [1.807, 2.05) is 100 Å². The fraction of sp³-hybridized carbons (Fsp3) is 0.200. The number of ether oxygens (including phenoxy) is 2. The summed E-state index contributed by atoms with van der Waals surface area (Å²) >= 11 is 0. The molecule has 2 unspecified atom stereocenters. The third-order valence-corrected chi connectivity index (χ3v) is 7.09. The molecular formula is C30H32O6P2. The van der Waals surface area contributed by atoms with Crippen molar-refractivity contribution in [1.29, 1.82) is 0 Å².